The summed E-state index contributed by atoms with van der Waals surface area (Å²) in [6, 6.07) is -0.630. The lowest BCUT2D eigenvalue weighted by Gasteiger charge is -2.36. The van der Waals surface area contributed by atoms with Gasteiger partial charge in [0.1, 0.15) is 5.92 Å². The van der Waals surface area contributed by atoms with Crippen LogP contribution < -0.4 is 5.32 Å². The van der Waals surface area contributed by atoms with Gasteiger partial charge in [-0.1, -0.05) is 25.7 Å². The van der Waals surface area contributed by atoms with Crippen molar-refractivity contribution in [3.8, 4) is 0 Å². The fourth-order valence-electron chi connectivity index (χ4n) is 3.67. The van der Waals surface area contributed by atoms with E-state index in [0.717, 1.165) is 32.1 Å². The number of hydrogen-bond donors (Lipinski definition) is 1. The maximum atomic E-state index is 12.6. The molecule has 1 aliphatic heterocycles. The minimum Gasteiger partial charge on any atom is -0.277 e. The van der Waals surface area contributed by atoms with Gasteiger partial charge in [0.15, 0.2) is 0 Å². The molecule has 0 radical (unpaired) electrons. The Morgan fingerprint density at radius 3 is 2.40 bits per heavy atom. The molecule has 1 heterocycles. The van der Waals surface area contributed by atoms with Gasteiger partial charge in [0.2, 0.25) is 11.8 Å². The lowest BCUT2D eigenvalue weighted by Crippen LogP contribution is -2.61. The summed E-state index contributed by atoms with van der Waals surface area (Å²) in [5, 5.41) is 2.39. The zero-order valence-electron chi connectivity index (χ0n) is 11.9. The molecule has 3 aliphatic rings. The standard InChI is InChI=1S/C15H22N2O3/c1-9(8-10-6-7-10)17-14(19)12(11-4-2-3-5-11)13(18)16-15(17)20/h9-12H,2-8H2,1H3,(H,16,18,20). The highest BCUT2D eigenvalue weighted by molar-refractivity contribution is 6.16. The Morgan fingerprint density at radius 1 is 1.15 bits per heavy atom. The molecule has 2 saturated carbocycles. The fraction of sp³-hybridized carbons (Fsp3) is 0.800. The van der Waals surface area contributed by atoms with Crippen molar-refractivity contribution >= 4 is 17.8 Å². The molecule has 3 fully saturated rings. The third-order valence-corrected chi connectivity index (χ3v) is 4.92. The van der Waals surface area contributed by atoms with E-state index in [2.05, 4.69) is 5.32 Å². The predicted molar refractivity (Wildman–Crippen MR) is 72.6 cm³/mol. The van der Waals surface area contributed by atoms with E-state index in [1.807, 2.05) is 6.92 Å². The van der Waals surface area contributed by atoms with Gasteiger partial charge in [-0.25, -0.2) is 4.79 Å². The van der Waals surface area contributed by atoms with Crippen molar-refractivity contribution in [3.63, 3.8) is 0 Å². The van der Waals surface area contributed by atoms with Gasteiger partial charge < -0.3 is 0 Å². The number of amides is 4. The third-order valence-electron chi connectivity index (χ3n) is 4.92. The molecule has 0 aromatic rings. The molecule has 0 spiro atoms. The molecule has 1 saturated heterocycles. The number of nitrogens with one attached hydrogen (secondary N) is 1. The molecule has 110 valence electrons. The van der Waals surface area contributed by atoms with E-state index in [1.165, 1.54) is 17.7 Å². The van der Waals surface area contributed by atoms with Crippen LogP contribution >= 0.6 is 0 Å². The smallest absolute Gasteiger partial charge is 0.277 e. The quantitative estimate of drug-likeness (QED) is 0.800. The molecule has 0 bridgehead atoms. The molecule has 20 heavy (non-hydrogen) atoms. The van der Waals surface area contributed by atoms with Crippen molar-refractivity contribution in [1.29, 1.82) is 0 Å². The van der Waals surface area contributed by atoms with Crippen molar-refractivity contribution in [2.24, 2.45) is 17.8 Å². The summed E-state index contributed by atoms with van der Waals surface area (Å²) in [7, 11) is 0. The number of carbonyl (C=O) groups is 3. The molecule has 0 aromatic heterocycles. The normalized spacial score (nSPS) is 29.8. The van der Waals surface area contributed by atoms with Crippen molar-refractivity contribution < 1.29 is 14.4 Å². The van der Waals surface area contributed by atoms with E-state index in [9.17, 15) is 14.4 Å². The molecule has 2 aliphatic carbocycles. The first kappa shape index (κ1) is 13.6. The van der Waals surface area contributed by atoms with Gasteiger partial charge in [-0.3, -0.25) is 19.8 Å². The van der Waals surface area contributed by atoms with Crippen LogP contribution in [0, 0.1) is 17.8 Å². The molecule has 5 nitrogen and oxygen atoms in total. The molecular formula is C15H22N2O3. The Bertz CT molecular complexity index is 438. The topological polar surface area (TPSA) is 66.5 Å². The second kappa shape index (κ2) is 5.19. The monoisotopic (exact) mass is 278 g/mol. The maximum absolute atomic E-state index is 12.6. The number of hydrogen-bond acceptors (Lipinski definition) is 3. The predicted octanol–water partition coefficient (Wildman–Crippen LogP) is 2.06. The van der Waals surface area contributed by atoms with Crippen LogP contribution in [0.15, 0.2) is 0 Å². The molecule has 5 heteroatoms. The minimum atomic E-state index is -0.642. The van der Waals surface area contributed by atoms with E-state index in [-0.39, 0.29) is 23.8 Å². The zero-order chi connectivity index (χ0) is 14.3. The highest BCUT2D eigenvalue weighted by Crippen LogP contribution is 2.37. The molecular weight excluding hydrogens is 256 g/mol. The van der Waals surface area contributed by atoms with Crippen molar-refractivity contribution in [2.75, 3.05) is 0 Å². The molecule has 4 amide bonds. The SMILES string of the molecule is CC(CC1CC1)N1C(=O)NC(=O)C(C2CCCC2)C1=O. The number of urea groups is 1. The average Bonchev–Trinajstić information content (AvgIpc) is 3.02. The highest BCUT2D eigenvalue weighted by Gasteiger charge is 2.47. The van der Waals surface area contributed by atoms with Crippen LogP contribution in [0.25, 0.3) is 0 Å². The second-order valence-electron chi connectivity index (χ2n) is 6.55. The van der Waals surface area contributed by atoms with Crippen LogP contribution in [-0.2, 0) is 9.59 Å². The lowest BCUT2D eigenvalue weighted by atomic mass is 9.87. The third kappa shape index (κ3) is 2.45. The van der Waals surface area contributed by atoms with E-state index >= 15 is 0 Å². The molecule has 2 unspecified atom stereocenters. The van der Waals surface area contributed by atoms with Gasteiger partial charge in [0, 0.05) is 6.04 Å². The Morgan fingerprint density at radius 2 is 1.80 bits per heavy atom. The average molecular weight is 278 g/mol. The van der Waals surface area contributed by atoms with E-state index in [4.69, 9.17) is 0 Å². The number of barbiturate groups is 1. The molecule has 3 rings (SSSR count). The van der Waals surface area contributed by atoms with Crippen LogP contribution in [0.3, 0.4) is 0 Å². The zero-order valence-corrected chi connectivity index (χ0v) is 11.9. The fourth-order valence-corrected chi connectivity index (χ4v) is 3.67. The number of nitrogens with zero attached hydrogens (tertiary/aromatic N) is 1. The first-order valence-electron chi connectivity index (χ1n) is 7.76. The van der Waals surface area contributed by atoms with Gasteiger partial charge >= 0.3 is 6.03 Å². The Labute approximate surface area is 119 Å². The van der Waals surface area contributed by atoms with Crippen LogP contribution in [0.4, 0.5) is 4.79 Å². The Hall–Kier alpha value is -1.39. The van der Waals surface area contributed by atoms with Gasteiger partial charge in [-0.15, -0.1) is 0 Å². The summed E-state index contributed by atoms with van der Waals surface area (Å²) < 4.78 is 0. The summed E-state index contributed by atoms with van der Waals surface area (Å²) in [6.45, 7) is 1.91. The number of rotatable bonds is 4. The summed E-state index contributed by atoms with van der Waals surface area (Å²) in [6.07, 6.45) is 7.25. The number of carbonyl (C=O) groups excluding carboxylic acids is 3. The first-order valence-corrected chi connectivity index (χ1v) is 7.76. The van der Waals surface area contributed by atoms with Crippen LogP contribution in [0.2, 0.25) is 0 Å². The summed E-state index contributed by atoms with van der Waals surface area (Å²) in [5.74, 6) is -0.531. The molecule has 1 N–H and O–H groups in total. The lowest BCUT2D eigenvalue weighted by molar-refractivity contribution is -0.146. The summed E-state index contributed by atoms with van der Waals surface area (Å²) in [5.41, 5.74) is 0. The summed E-state index contributed by atoms with van der Waals surface area (Å²) >= 11 is 0. The van der Waals surface area contributed by atoms with Crippen molar-refractivity contribution in [3.05, 3.63) is 0 Å². The van der Waals surface area contributed by atoms with E-state index in [1.54, 1.807) is 0 Å². The van der Waals surface area contributed by atoms with Gasteiger partial charge in [-0.2, -0.15) is 0 Å². The van der Waals surface area contributed by atoms with Crippen LogP contribution in [0.5, 0.6) is 0 Å². The summed E-state index contributed by atoms with van der Waals surface area (Å²) in [4.78, 5) is 37.9. The van der Waals surface area contributed by atoms with E-state index in [0.29, 0.717) is 5.92 Å². The van der Waals surface area contributed by atoms with Crippen molar-refractivity contribution in [1.82, 2.24) is 10.2 Å². The number of imide groups is 2. The minimum absolute atomic E-state index is 0.105. The highest BCUT2D eigenvalue weighted by atomic mass is 16.2. The van der Waals surface area contributed by atoms with Crippen LogP contribution in [0.1, 0.15) is 51.9 Å². The van der Waals surface area contributed by atoms with Gasteiger partial charge in [-0.05, 0) is 38.0 Å². The Balaban J connectivity index is 1.76. The molecule has 2 atom stereocenters. The maximum Gasteiger partial charge on any atom is 0.331 e. The van der Waals surface area contributed by atoms with Gasteiger partial charge in [0.05, 0.1) is 0 Å². The first-order chi connectivity index (χ1) is 9.58. The van der Waals surface area contributed by atoms with Crippen molar-refractivity contribution in [2.45, 2.75) is 57.9 Å². The van der Waals surface area contributed by atoms with Crippen LogP contribution in [-0.4, -0.2) is 28.8 Å². The molecule has 0 aromatic carbocycles. The van der Waals surface area contributed by atoms with E-state index < -0.39 is 11.9 Å². The second-order valence-corrected chi connectivity index (χ2v) is 6.55. The van der Waals surface area contributed by atoms with Gasteiger partial charge in [0.25, 0.3) is 0 Å². The Kier molecular flexibility index (Phi) is 3.52. The largest absolute Gasteiger partial charge is 0.331 e.